The predicted molar refractivity (Wildman–Crippen MR) is 46.7 cm³/mol. The SMILES string of the molecule is CC(N)Cc1sccc1Cl. The zero-order valence-electron chi connectivity index (χ0n) is 5.80. The first-order valence-electron chi connectivity index (χ1n) is 3.17. The average Bonchev–Trinajstić information content (AvgIpc) is 2.15. The second-order valence-electron chi connectivity index (χ2n) is 2.37. The van der Waals surface area contributed by atoms with Crippen LogP contribution in [-0.2, 0) is 6.42 Å². The molecule has 0 aromatic carbocycles. The fourth-order valence-electron chi connectivity index (χ4n) is 0.763. The molecule has 0 spiro atoms. The summed E-state index contributed by atoms with van der Waals surface area (Å²) in [5.41, 5.74) is 5.60. The number of thiophene rings is 1. The summed E-state index contributed by atoms with van der Waals surface area (Å²) < 4.78 is 0. The minimum Gasteiger partial charge on any atom is -0.328 e. The van der Waals surface area contributed by atoms with E-state index in [1.54, 1.807) is 11.3 Å². The van der Waals surface area contributed by atoms with Crippen molar-refractivity contribution in [2.45, 2.75) is 19.4 Å². The lowest BCUT2D eigenvalue weighted by molar-refractivity contribution is 0.747. The molecule has 1 nitrogen and oxygen atoms in total. The molecule has 56 valence electrons. The molecule has 1 aromatic heterocycles. The first kappa shape index (κ1) is 8.05. The minimum absolute atomic E-state index is 0.205. The largest absolute Gasteiger partial charge is 0.328 e. The molecule has 0 amide bonds. The fourth-order valence-corrected chi connectivity index (χ4v) is 2.02. The van der Waals surface area contributed by atoms with E-state index in [1.165, 1.54) is 4.88 Å². The third-order valence-corrected chi connectivity index (χ3v) is 2.61. The smallest absolute Gasteiger partial charge is 0.0545 e. The van der Waals surface area contributed by atoms with Gasteiger partial charge in [-0.25, -0.2) is 0 Å². The van der Waals surface area contributed by atoms with Crippen LogP contribution in [0.3, 0.4) is 0 Å². The molecule has 0 aliphatic carbocycles. The first-order valence-corrected chi connectivity index (χ1v) is 4.43. The Labute approximate surface area is 69.8 Å². The zero-order valence-corrected chi connectivity index (χ0v) is 7.38. The summed E-state index contributed by atoms with van der Waals surface area (Å²) in [4.78, 5) is 1.19. The molecule has 0 saturated heterocycles. The molecule has 0 fully saturated rings. The minimum atomic E-state index is 0.205. The molecule has 0 bridgehead atoms. The molecule has 1 aromatic rings. The number of hydrogen-bond donors (Lipinski definition) is 1. The Morgan fingerprint density at radius 1 is 1.80 bits per heavy atom. The summed E-state index contributed by atoms with van der Waals surface area (Å²) in [6.45, 7) is 1.98. The Morgan fingerprint density at radius 2 is 2.50 bits per heavy atom. The van der Waals surface area contributed by atoms with Gasteiger partial charge < -0.3 is 5.73 Å². The van der Waals surface area contributed by atoms with Gasteiger partial charge in [-0.3, -0.25) is 0 Å². The Bertz CT molecular complexity index is 207. The number of nitrogens with two attached hydrogens (primary N) is 1. The summed E-state index contributed by atoms with van der Waals surface area (Å²) >= 11 is 7.50. The molecular weight excluding hydrogens is 166 g/mol. The highest BCUT2D eigenvalue weighted by Gasteiger charge is 2.03. The Balaban J connectivity index is 2.65. The quantitative estimate of drug-likeness (QED) is 0.734. The molecule has 10 heavy (non-hydrogen) atoms. The molecule has 0 aliphatic rings. The van der Waals surface area contributed by atoms with Crippen LogP contribution >= 0.6 is 22.9 Å². The van der Waals surface area contributed by atoms with Crippen LogP contribution < -0.4 is 5.73 Å². The molecule has 1 unspecified atom stereocenters. The van der Waals surface area contributed by atoms with Crippen LogP contribution in [0.25, 0.3) is 0 Å². The molecule has 0 aliphatic heterocycles. The van der Waals surface area contributed by atoms with E-state index in [-0.39, 0.29) is 6.04 Å². The van der Waals surface area contributed by atoms with Crippen LogP contribution in [0.2, 0.25) is 5.02 Å². The van der Waals surface area contributed by atoms with E-state index in [0.29, 0.717) is 0 Å². The second-order valence-corrected chi connectivity index (χ2v) is 3.78. The van der Waals surface area contributed by atoms with Gasteiger partial charge in [-0.2, -0.15) is 0 Å². The van der Waals surface area contributed by atoms with Crippen molar-refractivity contribution in [3.05, 3.63) is 21.3 Å². The van der Waals surface area contributed by atoms with Gasteiger partial charge in [-0.15, -0.1) is 11.3 Å². The van der Waals surface area contributed by atoms with Gasteiger partial charge in [0.2, 0.25) is 0 Å². The van der Waals surface area contributed by atoms with E-state index in [0.717, 1.165) is 11.4 Å². The lowest BCUT2D eigenvalue weighted by Gasteiger charge is -2.01. The van der Waals surface area contributed by atoms with Crippen molar-refractivity contribution < 1.29 is 0 Å². The molecule has 1 heterocycles. The van der Waals surface area contributed by atoms with Gasteiger partial charge in [0.1, 0.15) is 0 Å². The van der Waals surface area contributed by atoms with Gasteiger partial charge in [-0.1, -0.05) is 11.6 Å². The second kappa shape index (κ2) is 3.37. The lowest BCUT2D eigenvalue weighted by atomic mass is 10.2. The van der Waals surface area contributed by atoms with E-state index in [9.17, 15) is 0 Å². The van der Waals surface area contributed by atoms with Gasteiger partial charge in [0.05, 0.1) is 5.02 Å². The van der Waals surface area contributed by atoms with E-state index in [4.69, 9.17) is 17.3 Å². The van der Waals surface area contributed by atoms with Crippen molar-refractivity contribution in [3.63, 3.8) is 0 Å². The van der Waals surface area contributed by atoms with Crippen molar-refractivity contribution in [2.75, 3.05) is 0 Å². The Kier molecular flexibility index (Phi) is 2.72. The highest BCUT2D eigenvalue weighted by Crippen LogP contribution is 2.22. The Hall–Kier alpha value is -0.0500. The monoisotopic (exact) mass is 175 g/mol. The van der Waals surface area contributed by atoms with Crippen LogP contribution in [0, 0.1) is 0 Å². The topological polar surface area (TPSA) is 26.0 Å². The van der Waals surface area contributed by atoms with Gasteiger partial charge >= 0.3 is 0 Å². The van der Waals surface area contributed by atoms with Crippen molar-refractivity contribution >= 4 is 22.9 Å². The molecule has 0 saturated carbocycles. The fraction of sp³-hybridized carbons (Fsp3) is 0.429. The standard InChI is InChI=1S/C7H10ClNS/c1-5(9)4-7-6(8)2-3-10-7/h2-3,5H,4,9H2,1H3. The van der Waals surface area contributed by atoms with Crippen molar-refractivity contribution in [2.24, 2.45) is 5.73 Å². The third-order valence-electron chi connectivity index (χ3n) is 1.20. The zero-order chi connectivity index (χ0) is 7.56. The predicted octanol–water partition coefficient (Wildman–Crippen LogP) is 2.29. The average molecular weight is 176 g/mol. The van der Waals surface area contributed by atoms with Crippen molar-refractivity contribution in [3.8, 4) is 0 Å². The molecular formula is C7H10ClNS. The van der Waals surface area contributed by atoms with Crippen LogP contribution in [0.1, 0.15) is 11.8 Å². The van der Waals surface area contributed by atoms with Gasteiger partial charge in [0, 0.05) is 10.9 Å². The molecule has 1 atom stereocenters. The van der Waals surface area contributed by atoms with Crippen LogP contribution in [-0.4, -0.2) is 6.04 Å². The molecule has 3 heteroatoms. The number of halogens is 1. The van der Waals surface area contributed by atoms with Crippen molar-refractivity contribution in [1.29, 1.82) is 0 Å². The number of hydrogen-bond acceptors (Lipinski definition) is 2. The summed E-state index contributed by atoms with van der Waals surface area (Å²) in [6.07, 6.45) is 0.885. The van der Waals surface area contributed by atoms with Gasteiger partial charge in [0.25, 0.3) is 0 Å². The summed E-state index contributed by atoms with van der Waals surface area (Å²) in [5.74, 6) is 0. The van der Waals surface area contributed by atoms with E-state index < -0.39 is 0 Å². The first-order chi connectivity index (χ1) is 4.70. The molecule has 0 radical (unpaired) electrons. The molecule has 2 N–H and O–H groups in total. The van der Waals surface area contributed by atoms with E-state index in [1.807, 2.05) is 18.4 Å². The van der Waals surface area contributed by atoms with Gasteiger partial charge in [0.15, 0.2) is 0 Å². The van der Waals surface area contributed by atoms with E-state index >= 15 is 0 Å². The highest BCUT2D eigenvalue weighted by atomic mass is 35.5. The maximum atomic E-state index is 5.84. The van der Waals surface area contributed by atoms with Gasteiger partial charge in [-0.05, 0) is 24.8 Å². The highest BCUT2D eigenvalue weighted by molar-refractivity contribution is 7.10. The third kappa shape index (κ3) is 1.97. The Morgan fingerprint density at radius 3 is 2.90 bits per heavy atom. The summed E-state index contributed by atoms with van der Waals surface area (Å²) in [7, 11) is 0. The maximum absolute atomic E-state index is 5.84. The van der Waals surface area contributed by atoms with Crippen LogP contribution in [0.5, 0.6) is 0 Å². The summed E-state index contributed by atoms with van der Waals surface area (Å²) in [5, 5.41) is 2.84. The van der Waals surface area contributed by atoms with E-state index in [2.05, 4.69) is 0 Å². The molecule has 1 rings (SSSR count). The van der Waals surface area contributed by atoms with Crippen LogP contribution in [0.15, 0.2) is 11.4 Å². The summed E-state index contributed by atoms with van der Waals surface area (Å²) in [6, 6.07) is 2.11. The maximum Gasteiger partial charge on any atom is 0.0545 e. The van der Waals surface area contributed by atoms with Crippen molar-refractivity contribution in [1.82, 2.24) is 0 Å². The number of rotatable bonds is 2. The van der Waals surface area contributed by atoms with Crippen LogP contribution in [0.4, 0.5) is 0 Å². The normalized spacial score (nSPS) is 13.5. The lowest BCUT2D eigenvalue weighted by Crippen LogP contribution is -2.17.